The Bertz CT molecular complexity index is 281. The lowest BCUT2D eigenvalue weighted by molar-refractivity contribution is -0.143. The summed E-state index contributed by atoms with van der Waals surface area (Å²) >= 11 is 0.442. The molecule has 8 heteroatoms. The van der Waals surface area contributed by atoms with Crippen LogP contribution < -0.4 is 5.32 Å². The van der Waals surface area contributed by atoms with Crippen LogP contribution in [-0.2, 0) is 9.59 Å². The van der Waals surface area contributed by atoms with Crippen LogP contribution in [0.5, 0.6) is 0 Å². The molecule has 1 amide bonds. The van der Waals surface area contributed by atoms with Gasteiger partial charge < -0.3 is 10.4 Å². The lowest BCUT2D eigenvalue weighted by atomic mass is 10.2. The summed E-state index contributed by atoms with van der Waals surface area (Å²) in [5.41, 5.74) is 0. The second-order valence-corrected chi connectivity index (χ2v) is 4.26. The normalized spacial score (nSPS) is 28.1. The van der Waals surface area contributed by atoms with E-state index in [1.165, 1.54) is 0 Å². The van der Waals surface area contributed by atoms with Gasteiger partial charge in [0.2, 0.25) is 5.91 Å². The molecule has 1 heterocycles. The smallest absolute Gasteiger partial charge is 0.401 e. The number of halogens is 3. The van der Waals surface area contributed by atoms with Crippen LogP contribution in [0.25, 0.3) is 0 Å². The first-order valence-electron chi connectivity index (χ1n) is 4.01. The fourth-order valence-corrected chi connectivity index (χ4v) is 2.19. The van der Waals surface area contributed by atoms with Crippen molar-refractivity contribution >= 4 is 23.6 Å². The third kappa shape index (κ3) is 3.29. The predicted molar refractivity (Wildman–Crippen MR) is 46.5 cm³/mol. The van der Waals surface area contributed by atoms with Gasteiger partial charge in [-0.2, -0.15) is 13.2 Å². The Morgan fingerprint density at radius 1 is 1.53 bits per heavy atom. The minimum Gasteiger partial charge on any atom is -0.480 e. The van der Waals surface area contributed by atoms with Crippen LogP contribution in [0.1, 0.15) is 6.42 Å². The van der Waals surface area contributed by atoms with E-state index in [1.807, 2.05) is 5.32 Å². The van der Waals surface area contributed by atoms with E-state index in [0.29, 0.717) is 11.8 Å². The van der Waals surface area contributed by atoms with Crippen molar-refractivity contribution in [3.63, 3.8) is 0 Å². The SMILES string of the molecule is O=C1C[C@H](C(F)(F)F)SC[C@@H](C(=O)O)N1. The summed E-state index contributed by atoms with van der Waals surface area (Å²) in [4.78, 5) is 21.5. The summed E-state index contributed by atoms with van der Waals surface area (Å²) in [5, 5.41) is 8.76. The average Bonchev–Trinajstić information content (AvgIpc) is 2.25. The van der Waals surface area contributed by atoms with Crippen molar-refractivity contribution < 1.29 is 27.9 Å². The Morgan fingerprint density at radius 2 is 2.13 bits per heavy atom. The van der Waals surface area contributed by atoms with Gasteiger partial charge in [-0.3, -0.25) is 4.79 Å². The van der Waals surface area contributed by atoms with Crippen molar-refractivity contribution in [1.29, 1.82) is 0 Å². The van der Waals surface area contributed by atoms with Crippen LogP contribution in [0.4, 0.5) is 13.2 Å². The van der Waals surface area contributed by atoms with E-state index >= 15 is 0 Å². The molecule has 0 aromatic heterocycles. The maximum atomic E-state index is 12.3. The standard InChI is InChI=1S/C7H8F3NO3S/c8-7(9,10)4-1-5(12)11-3(2-15-4)6(13)14/h3-4H,1-2H2,(H,11,12)(H,13,14)/t3-,4+/m0/s1. The minimum atomic E-state index is -4.48. The van der Waals surface area contributed by atoms with E-state index in [-0.39, 0.29) is 5.75 Å². The monoisotopic (exact) mass is 243 g/mol. The van der Waals surface area contributed by atoms with Crippen molar-refractivity contribution in [2.24, 2.45) is 0 Å². The number of nitrogens with one attached hydrogen (secondary N) is 1. The highest BCUT2D eigenvalue weighted by atomic mass is 32.2. The number of hydrogen-bond acceptors (Lipinski definition) is 3. The molecule has 0 bridgehead atoms. The van der Waals surface area contributed by atoms with Crippen LogP contribution in [0.2, 0.25) is 0 Å². The zero-order valence-electron chi connectivity index (χ0n) is 7.37. The summed E-state index contributed by atoms with van der Waals surface area (Å²) in [6, 6.07) is -1.24. The Balaban J connectivity index is 2.71. The van der Waals surface area contributed by atoms with Gasteiger partial charge in [0.05, 0.1) is 0 Å². The zero-order valence-corrected chi connectivity index (χ0v) is 8.19. The molecule has 1 aliphatic rings. The molecule has 0 radical (unpaired) electrons. The molecule has 1 rings (SSSR count). The molecular weight excluding hydrogens is 235 g/mol. The molecule has 1 saturated heterocycles. The van der Waals surface area contributed by atoms with Crippen LogP contribution in [0.3, 0.4) is 0 Å². The second kappa shape index (κ2) is 4.30. The van der Waals surface area contributed by atoms with E-state index in [2.05, 4.69) is 0 Å². The van der Waals surface area contributed by atoms with E-state index in [9.17, 15) is 22.8 Å². The number of alkyl halides is 3. The molecule has 1 fully saturated rings. The number of hydrogen-bond donors (Lipinski definition) is 2. The molecule has 0 unspecified atom stereocenters. The van der Waals surface area contributed by atoms with Gasteiger partial charge in [-0.1, -0.05) is 0 Å². The van der Waals surface area contributed by atoms with E-state index in [4.69, 9.17) is 5.11 Å². The number of amides is 1. The second-order valence-electron chi connectivity index (χ2n) is 3.03. The summed E-state index contributed by atoms with van der Waals surface area (Å²) in [6.07, 6.45) is -5.20. The highest BCUT2D eigenvalue weighted by molar-refractivity contribution is 8.00. The van der Waals surface area contributed by atoms with Crippen LogP contribution in [-0.4, -0.2) is 40.2 Å². The lowest BCUT2D eigenvalue weighted by Crippen LogP contribution is -2.41. The summed E-state index contributed by atoms with van der Waals surface area (Å²) in [5.74, 6) is -2.47. The van der Waals surface area contributed by atoms with Gasteiger partial charge in [-0.25, -0.2) is 4.79 Å². The number of thioether (sulfide) groups is 1. The van der Waals surface area contributed by atoms with Crippen molar-refractivity contribution in [2.45, 2.75) is 23.9 Å². The van der Waals surface area contributed by atoms with Gasteiger partial charge in [0.25, 0.3) is 0 Å². The van der Waals surface area contributed by atoms with Crippen LogP contribution >= 0.6 is 11.8 Å². The first-order chi connectivity index (χ1) is 6.80. The third-order valence-electron chi connectivity index (χ3n) is 1.83. The van der Waals surface area contributed by atoms with Gasteiger partial charge in [-0.05, 0) is 0 Å². The first-order valence-corrected chi connectivity index (χ1v) is 5.06. The van der Waals surface area contributed by atoms with Crippen molar-refractivity contribution in [2.75, 3.05) is 5.75 Å². The molecule has 15 heavy (non-hydrogen) atoms. The Labute approximate surface area is 87.2 Å². The number of rotatable bonds is 1. The zero-order chi connectivity index (χ0) is 11.6. The summed E-state index contributed by atoms with van der Waals surface area (Å²) in [7, 11) is 0. The van der Waals surface area contributed by atoms with Crippen molar-refractivity contribution in [3.8, 4) is 0 Å². The van der Waals surface area contributed by atoms with E-state index in [1.54, 1.807) is 0 Å². The van der Waals surface area contributed by atoms with E-state index in [0.717, 1.165) is 0 Å². The Hall–Kier alpha value is -0.920. The molecule has 1 aliphatic heterocycles. The molecule has 0 saturated carbocycles. The molecule has 0 aromatic carbocycles. The number of carboxylic acids is 1. The summed E-state index contributed by atoms with van der Waals surface area (Å²) in [6.45, 7) is 0. The molecular formula is C7H8F3NO3S. The lowest BCUT2D eigenvalue weighted by Gasteiger charge is -2.15. The predicted octanol–water partition coefficient (Wildman–Crippen LogP) is 0.624. The first kappa shape index (κ1) is 12.2. The van der Waals surface area contributed by atoms with Crippen molar-refractivity contribution in [1.82, 2.24) is 5.32 Å². The average molecular weight is 243 g/mol. The Kier molecular flexibility index (Phi) is 3.48. The topological polar surface area (TPSA) is 66.4 Å². The van der Waals surface area contributed by atoms with Crippen LogP contribution in [0, 0.1) is 0 Å². The Morgan fingerprint density at radius 3 is 2.60 bits per heavy atom. The molecule has 0 aromatic rings. The molecule has 0 spiro atoms. The van der Waals surface area contributed by atoms with Crippen LogP contribution in [0.15, 0.2) is 0 Å². The van der Waals surface area contributed by atoms with Gasteiger partial charge in [0.1, 0.15) is 11.3 Å². The molecule has 4 nitrogen and oxygen atoms in total. The number of aliphatic carboxylic acids is 1. The quantitative estimate of drug-likeness (QED) is 0.708. The number of carboxylic acid groups (broad SMARTS) is 1. The van der Waals surface area contributed by atoms with Gasteiger partial charge in [0.15, 0.2) is 0 Å². The molecule has 2 atom stereocenters. The van der Waals surface area contributed by atoms with Gasteiger partial charge in [0, 0.05) is 12.2 Å². The minimum absolute atomic E-state index is 0.273. The largest absolute Gasteiger partial charge is 0.480 e. The maximum absolute atomic E-state index is 12.3. The van der Waals surface area contributed by atoms with Gasteiger partial charge in [-0.15, -0.1) is 11.8 Å². The third-order valence-corrected chi connectivity index (χ3v) is 3.20. The number of carbonyl (C=O) groups is 2. The fraction of sp³-hybridized carbons (Fsp3) is 0.714. The van der Waals surface area contributed by atoms with Gasteiger partial charge >= 0.3 is 12.1 Å². The highest BCUT2D eigenvalue weighted by Crippen LogP contribution is 2.34. The van der Waals surface area contributed by atoms with Crippen molar-refractivity contribution in [3.05, 3.63) is 0 Å². The highest BCUT2D eigenvalue weighted by Gasteiger charge is 2.43. The summed E-state index contributed by atoms with van der Waals surface area (Å²) < 4.78 is 36.8. The molecule has 86 valence electrons. The fourth-order valence-electron chi connectivity index (χ4n) is 1.08. The van der Waals surface area contributed by atoms with E-state index < -0.39 is 35.8 Å². The number of carbonyl (C=O) groups excluding carboxylic acids is 1. The maximum Gasteiger partial charge on any atom is 0.401 e. The molecule has 2 N–H and O–H groups in total. The molecule has 0 aliphatic carbocycles.